The van der Waals surface area contributed by atoms with Crippen LogP contribution in [0.15, 0.2) is 41.7 Å². The van der Waals surface area contributed by atoms with Gasteiger partial charge in [-0.2, -0.15) is 0 Å². The van der Waals surface area contributed by atoms with Gasteiger partial charge in [-0.15, -0.1) is 0 Å². The van der Waals surface area contributed by atoms with Crippen molar-refractivity contribution < 1.29 is 9.53 Å². The smallest absolute Gasteiger partial charge is 0.322 e. The maximum atomic E-state index is 12.4. The van der Waals surface area contributed by atoms with Gasteiger partial charge >= 0.3 is 6.03 Å². The van der Waals surface area contributed by atoms with Crippen LogP contribution in [0.3, 0.4) is 0 Å². The van der Waals surface area contributed by atoms with Crippen LogP contribution in [0.5, 0.6) is 0 Å². The molecule has 9 nitrogen and oxygen atoms in total. The highest BCUT2D eigenvalue weighted by Crippen LogP contribution is 2.12. The molecule has 138 valence electrons. The minimum absolute atomic E-state index is 0.168. The van der Waals surface area contributed by atoms with Crippen molar-refractivity contribution in [2.45, 2.75) is 6.10 Å². The number of rotatable bonds is 4. The fourth-order valence-corrected chi connectivity index (χ4v) is 2.79. The van der Waals surface area contributed by atoms with Gasteiger partial charge < -0.3 is 24.4 Å². The quantitative estimate of drug-likeness (QED) is 0.858. The lowest BCUT2D eigenvalue weighted by Gasteiger charge is -2.34. The van der Waals surface area contributed by atoms with E-state index in [0.29, 0.717) is 37.7 Å². The minimum atomic E-state index is -0.205. The first-order chi connectivity index (χ1) is 12.5. The predicted octanol–water partition coefficient (Wildman–Crippen LogP) is 0.544. The fraction of sp³-hybridized carbons (Fsp3) is 0.412. The number of morpholine rings is 1. The number of anilines is 2. The molecule has 1 atom stereocenters. The maximum absolute atomic E-state index is 12.4. The monoisotopic (exact) mass is 358 g/mol. The number of urea groups is 1. The standard InChI is InChI=1S/C17H22N6O3/c1-21-8-7-19-15(16(21)24)22(2)11-14-12-23(9-10-26-14)17(25)20-13-3-5-18-6-4-13/h3-8,14H,9-12H2,1-2H3,(H,18,20,25)/t14-/m0/s1. The molecule has 0 radical (unpaired) electrons. The van der Waals surface area contributed by atoms with Crippen LogP contribution in [0.1, 0.15) is 0 Å². The van der Waals surface area contributed by atoms with E-state index in [1.165, 1.54) is 4.57 Å². The number of carbonyl (C=O) groups excluding carboxylic acids is 1. The first-order valence-electron chi connectivity index (χ1n) is 8.35. The summed E-state index contributed by atoms with van der Waals surface area (Å²) in [4.78, 5) is 36.1. The molecule has 1 saturated heterocycles. The molecule has 3 heterocycles. The number of hydrogen-bond acceptors (Lipinski definition) is 6. The normalized spacial score (nSPS) is 17.0. The number of nitrogens with one attached hydrogen (secondary N) is 1. The molecule has 1 N–H and O–H groups in total. The average Bonchev–Trinajstić information content (AvgIpc) is 2.65. The lowest BCUT2D eigenvalue weighted by molar-refractivity contribution is -0.00715. The van der Waals surface area contributed by atoms with Crippen LogP contribution in [-0.2, 0) is 11.8 Å². The number of likely N-dealkylation sites (N-methyl/N-ethyl adjacent to an activating group) is 1. The molecule has 0 bridgehead atoms. The summed E-state index contributed by atoms with van der Waals surface area (Å²) >= 11 is 0. The minimum Gasteiger partial charge on any atom is -0.373 e. The second-order valence-electron chi connectivity index (χ2n) is 6.15. The number of pyridine rings is 1. The summed E-state index contributed by atoms with van der Waals surface area (Å²) in [5, 5.41) is 2.85. The van der Waals surface area contributed by atoms with Gasteiger partial charge in [0.25, 0.3) is 5.56 Å². The summed E-state index contributed by atoms with van der Waals surface area (Å²) in [6.07, 6.45) is 6.24. The van der Waals surface area contributed by atoms with Crippen molar-refractivity contribution in [1.29, 1.82) is 0 Å². The van der Waals surface area contributed by atoms with Gasteiger partial charge in [-0.3, -0.25) is 9.78 Å². The van der Waals surface area contributed by atoms with Gasteiger partial charge in [0.2, 0.25) is 0 Å². The van der Waals surface area contributed by atoms with Crippen molar-refractivity contribution in [3.8, 4) is 0 Å². The van der Waals surface area contributed by atoms with Crippen molar-refractivity contribution in [2.24, 2.45) is 7.05 Å². The van der Waals surface area contributed by atoms with E-state index in [-0.39, 0.29) is 17.7 Å². The van der Waals surface area contributed by atoms with E-state index in [0.717, 1.165) is 0 Å². The van der Waals surface area contributed by atoms with Crippen LogP contribution < -0.4 is 15.8 Å². The molecule has 1 fully saturated rings. The number of aromatic nitrogens is 3. The van der Waals surface area contributed by atoms with E-state index >= 15 is 0 Å². The number of nitrogens with zero attached hydrogens (tertiary/aromatic N) is 5. The highest BCUT2D eigenvalue weighted by Gasteiger charge is 2.26. The van der Waals surface area contributed by atoms with Gasteiger partial charge in [0.05, 0.1) is 19.3 Å². The highest BCUT2D eigenvalue weighted by molar-refractivity contribution is 5.89. The zero-order valence-electron chi connectivity index (χ0n) is 14.8. The number of carbonyl (C=O) groups is 1. The number of aryl methyl sites for hydroxylation is 1. The SMILES string of the molecule is CN(C[C@H]1CN(C(=O)Nc2ccncc2)CCO1)c1nccn(C)c1=O. The molecule has 0 saturated carbocycles. The van der Waals surface area contributed by atoms with E-state index in [2.05, 4.69) is 15.3 Å². The largest absolute Gasteiger partial charge is 0.373 e. The van der Waals surface area contributed by atoms with E-state index in [9.17, 15) is 9.59 Å². The van der Waals surface area contributed by atoms with Crippen LogP contribution in [-0.4, -0.2) is 64.9 Å². The summed E-state index contributed by atoms with van der Waals surface area (Å²) in [5.41, 5.74) is 0.528. The molecular weight excluding hydrogens is 336 g/mol. The molecule has 9 heteroatoms. The predicted molar refractivity (Wildman–Crippen MR) is 97.3 cm³/mol. The van der Waals surface area contributed by atoms with E-state index in [1.807, 2.05) is 0 Å². The molecular formula is C17H22N6O3. The summed E-state index contributed by atoms with van der Waals surface area (Å²) in [5.74, 6) is 0.358. The van der Waals surface area contributed by atoms with Crippen molar-refractivity contribution in [3.05, 3.63) is 47.3 Å². The van der Waals surface area contributed by atoms with Crippen LogP contribution in [0, 0.1) is 0 Å². The Morgan fingerprint density at radius 3 is 2.92 bits per heavy atom. The Hall–Kier alpha value is -2.94. The molecule has 0 aliphatic carbocycles. The van der Waals surface area contributed by atoms with Crippen molar-refractivity contribution >= 4 is 17.5 Å². The van der Waals surface area contributed by atoms with Gasteiger partial charge in [-0.1, -0.05) is 0 Å². The highest BCUT2D eigenvalue weighted by atomic mass is 16.5. The summed E-state index contributed by atoms with van der Waals surface area (Å²) < 4.78 is 7.24. The fourth-order valence-electron chi connectivity index (χ4n) is 2.79. The summed E-state index contributed by atoms with van der Waals surface area (Å²) in [6.45, 7) is 1.87. The summed E-state index contributed by atoms with van der Waals surface area (Å²) in [7, 11) is 3.48. The lowest BCUT2D eigenvalue weighted by Crippen LogP contribution is -2.51. The Kier molecular flexibility index (Phi) is 5.47. The number of ether oxygens (including phenoxy) is 1. The molecule has 0 spiro atoms. The Morgan fingerprint density at radius 1 is 1.38 bits per heavy atom. The molecule has 3 rings (SSSR count). The van der Waals surface area contributed by atoms with Crippen LogP contribution in [0.2, 0.25) is 0 Å². The zero-order valence-corrected chi connectivity index (χ0v) is 14.8. The molecule has 2 amide bonds. The van der Waals surface area contributed by atoms with Crippen LogP contribution in [0.4, 0.5) is 16.3 Å². The van der Waals surface area contributed by atoms with Gasteiger partial charge in [0, 0.05) is 57.7 Å². The van der Waals surface area contributed by atoms with E-state index in [1.54, 1.807) is 60.8 Å². The van der Waals surface area contributed by atoms with E-state index in [4.69, 9.17) is 4.74 Å². The molecule has 2 aromatic rings. The Balaban J connectivity index is 1.60. The second kappa shape index (κ2) is 7.96. The third-order valence-corrected chi connectivity index (χ3v) is 4.20. The zero-order chi connectivity index (χ0) is 18.5. The Bertz CT molecular complexity index is 810. The van der Waals surface area contributed by atoms with Crippen molar-refractivity contribution in [3.63, 3.8) is 0 Å². The first-order valence-corrected chi connectivity index (χ1v) is 8.35. The second-order valence-corrected chi connectivity index (χ2v) is 6.15. The van der Waals surface area contributed by atoms with E-state index < -0.39 is 0 Å². The molecule has 0 aromatic carbocycles. The number of hydrogen-bond donors (Lipinski definition) is 1. The molecule has 1 aliphatic heterocycles. The van der Waals surface area contributed by atoms with Crippen LogP contribution in [0.25, 0.3) is 0 Å². The molecule has 1 aliphatic rings. The van der Waals surface area contributed by atoms with Gasteiger partial charge in [0.1, 0.15) is 0 Å². The Morgan fingerprint density at radius 2 is 2.15 bits per heavy atom. The first kappa shape index (κ1) is 17.9. The maximum Gasteiger partial charge on any atom is 0.322 e. The van der Waals surface area contributed by atoms with Crippen molar-refractivity contribution in [2.75, 3.05) is 43.5 Å². The lowest BCUT2D eigenvalue weighted by atomic mass is 10.2. The van der Waals surface area contributed by atoms with Crippen LogP contribution >= 0.6 is 0 Å². The topological polar surface area (TPSA) is 92.6 Å². The van der Waals surface area contributed by atoms with Gasteiger partial charge in [-0.05, 0) is 12.1 Å². The third kappa shape index (κ3) is 4.17. The Labute approximate surface area is 151 Å². The summed E-state index contributed by atoms with van der Waals surface area (Å²) in [6, 6.07) is 3.29. The molecule has 2 aromatic heterocycles. The van der Waals surface area contributed by atoms with Gasteiger partial charge in [-0.25, -0.2) is 9.78 Å². The average molecular weight is 358 g/mol. The molecule has 26 heavy (non-hydrogen) atoms. The van der Waals surface area contributed by atoms with Gasteiger partial charge in [0.15, 0.2) is 5.82 Å². The third-order valence-electron chi connectivity index (χ3n) is 4.20. The van der Waals surface area contributed by atoms with Crippen molar-refractivity contribution in [1.82, 2.24) is 19.4 Å². The molecule has 0 unspecified atom stereocenters. The number of amides is 2.